The van der Waals surface area contributed by atoms with E-state index in [1.165, 1.54) is 4.90 Å². The number of fused-ring (bicyclic) bond motifs is 1. The van der Waals surface area contributed by atoms with Crippen molar-refractivity contribution in [2.24, 2.45) is 0 Å². The van der Waals surface area contributed by atoms with Crippen LogP contribution in [0.5, 0.6) is 5.75 Å². The number of carbonyl (C=O) groups is 2. The van der Waals surface area contributed by atoms with Gasteiger partial charge in [0.2, 0.25) is 5.91 Å². The number of carbonyl (C=O) groups excluding carboxylic acids is 2. The van der Waals surface area contributed by atoms with E-state index in [1.807, 2.05) is 6.07 Å². The van der Waals surface area contributed by atoms with E-state index in [-0.39, 0.29) is 52.4 Å². The van der Waals surface area contributed by atoms with Crippen LogP contribution < -0.4 is 4.74 Å². The van der Waals surface area contributed by atoms with Gasteiger partial charge in [0.25, 0.3) is 10.2 Å². The summed E-state index contributed by atoms with van der Waals surface area (Å²) in [5, 5.41) is 38.7. The molecule has 2 N–H and O–H groups in total. The molecule has 236 valence electrons. The van der Waals surface area contributed by atoms with E-state index in [0.29, 0.717) is 11.3 Å². The van der Waals surface area contributed by atoms with Crippen LogP contribution in [0.2, 0.25) is 0 Å². The molecule has 1 aromatic rings. The smallest absolute Gasteiger partial charge is 0.332 e. The summed E-state index contributed by atoms with van der Waals surface area (Å²) >= 11 is 0. The van der Waals surface area contributed by atoms with Gasteiger partial charge in [-0.1, -0.05) is 12.1 Å². The Morgan fingerprint density at radius 2 is 1.57 bits per heavy atom. The van der Waals surface area contributed by atoms with Gasteiger partial charge in [0.1, 0.15) is 38.8 Å². The minimum atomic E-state index is -1.02. The topological polar surface area (TPSA) is 220 Å². The van der Waals surface area contributed by atoms with Crippen LogP contribution in [0.3, 0.4) is 0 Å². The summed E-state index contributed by atoms with van der Waals surface area (Å²) in [6, 6.07) is 5.21. The molecule has 0 radical (unpaired) electrons. The molecular formula is C25H37N3O14. The fraction of sp³-hybridized carbons (Fsp3) is 0.680. The van der Waals surface area contributed by atoms with Crippen molar-refractivity contribution in [2.75, 3.05) is 52.8 Å². The molecule has 42 heavy (non-hydrogen) atoms. The van der Waals surface area contributed by atoms with Crippen LogP contribution in [-0.4, -0.2) is 114 Å². The van der Waals surface area contributed by atoms with Crippen LogP contribution in [0, 0.1) is 20.2 Å². The summed E-state index contributed by atoms with van der Waals surface area (Å²) in [5.74, 6) is -0.907. The molecule has 0 bridgehead atoms. The molecule has 1 aromatic carbocycles. The SMILES string of the molecule is CC(C)(C)N(CC(COc1cccc2c1C[C@@H](O)[C@@H](O)C2)OC(=O)COCCO[N+](=O)[O-])C(=O)COCCO[N+](=O)[O-]. The molecule has 0 fully saturated rings. The molecule has 0 heterocycles. The third-order valence-corrected chi connectivity index (χ3v) is 6.03. The first-order chi connectivity index (χ1) is 19.8. The maximum atomic E-state index is 13.0. The van der Waals surface area contributed by atoms with Crippen molar-refractivity contribution >= 4 is 11.9 Å². The van der Waals surface area contributed by atoms with Crippen LogP contribution in [0.4, 0.5) is 0 Å². The number of hydrogen-bond donors (Lipinski definition) is 2. The zero-order valence-corrected chi connectivity index (χ0v) is 23.7. The second-order valence-electron chi connectivity index (χ2n) is 10.3. The van der Waals surface area contributed by atoms with Gasteiger partial charge in [0, 0.05) is 23.9 Å². The summed E-state index contributed by atoms with van der Waals surface area (Å²) in [7, 11) is 0. The molecule has 0 spiro atoms. The molecule has 17 nitrogen and oxygen atoms in total. The molecule has 17 heteroatoms. The minimum Gasteiger partial charge on any atom is -0.489 e. The quantitative estimate of drug-likeness (QED) is 0.0967. The summed E-state index contributed by atoms with van der Waals surface area (Å²) < 4.78 is 21.8. The van der Waals surface area contributed by atoms with E-state index in [1.54, 1.807) is 32.9 Å². The largest absolute Gasteiger partial charge is 0.489 e. The first kappa shape index (κ1) is 34.4. The van der Waals surface area contributed by atoms with E-state index in [0.717, 1.165) is 5.56 Å². The summed E-state index contributed by atoms with van der Waals surface area (Å²) in [5.41, 5.74) is 0.725. The Labute approximate surface area is 241 Å². The molecule has 0 aliphatic heterocycles. The first-order valence-corrected chi connectivity index (χ1v) is 13.1. The van der Waals surface area contributed by atoms with Crippen molar-refractivity contribution in [1.82, 2.24) is 4.90 Å². The molecule has 1 unspecified atom stereocenters. The Balaban J connectivity index is 2.12. The lowest BCUT2D eigenvalue weighted by Gasteiger charge is -2.38. The van der Waals surface area contributed by atoms with Crippen LogP contribution >= 0.6 is 0 Å². The van der Waals surface area contributed by atoms with Gasteiger partial charge in [0.15, 0.2) is 6.10 Å². The molecule has 0 saturated heterocycles. The maximum absolute atomic E-state index is 13.0. The normalized spacial score (nSPS) is 17.0. The van der Waals surface area contributed by atoms with Crippen molar-refractivity contribution in [3.8, 4) is 5.75 Å². The van der Waals surface area contributed by atoms with Gasteiger partial charge >= 0.3 is 5.97 Å². The van der Waals surface area contributed by atoms with Gasteiger partial charge in [-0.3, -0.25) is 4.79 Å². The zero-order valence-electron chi connectivity index (χ0n) is 23.7. The van der Waals surface area contributed by atoms with E-state index in [2.05, 4.69) is 9.68 Å². The van der Waals surface area contributed by atoms with Crippen molar-refractivity contribution < 1.29 is 58.6 Å². The predicted molar refractivity (Wildman–Crippen MR) is 140 cm³/mol. The Morgan fingerprint density at radius 3 is 2.17 bits per heavy atom. The molecule has 1 amide bonds. The molecule has 0 aromatic heterocycles. The van der Waals surface area contributed by atoms with Crippen LogP contribution in [0.15, 0.2) is 18.2 Å². The fourth-order valence-corrected chi connectivity index (χ4v) is 4.09. The van der Waals surface area contributed by atoms with E-state index in [9.17, 15) is 40.0 Å². The molecule has 1 aliphatic carbocycles. The average Bonchev–Trinajstić information content (AvgIpc) is 2.89. The predicted octanol–water partition coefficient (Wildman–Crippen LogP) is -0.125. The number of aliphatic hydroxyl groups is 2. The Bertz CT molecular complexity index is 1060. The van der Waals surface area contributed by atoms with Gasteiger partial charge in [-0.15, -0.1) is 20.2 Å². The number of esters is 1. The van der Waals surface area contributed by atoms with E-state index in [4.69, 9.17) is 18.9 Å². The highest BCUT2D eigenvalue weighted by Gasteiger charge is 2.32. The number of nitrogens with zero attached hydrogens (tertiary/aromatic N) is 3. The number of hydrogen-bond acceptors (Lipinski definition) is 14. The molecule has 2 rings (SSSR count). The van der Waals surface area contributed by atoms with Gasteiger partial charge < -0.3 is 43.7 Å². The number of benzene rings is 1. The third kappa shape index (κ3) is 12.0. The zero-order chi connectivity index (χ0) is 31.3. The number of amides is 1. The van der Waals surface area contributed by atoms with Gasteiger partial charge in [-0.2, -0.15) is 0 Å². The highest BCUT2D eigenvalue weighted by atomic mass is 17.0. The number of rotatable bonds is 18. The third-order valence-electron chi connectivity index (χ3n) is 6.03. The molecule has 3 atom stereocenters. The summed E-state index contributed by atoms with van der Waals surface area (Å²) in [4.78, 5) is 55.8. The second kappa shape index (κ2) is 16.6. The lowest BCUT2D eigenvalue weighted by Crippen LogP contribution is -2.52. The highest BCUT2D eigenvalue weighted by Crippen LogP contribution is 2.30. The monoisotopic (exact) mass is 603 g/mol. The van der Waals surface area contributed by atoms with Crippen molar-refractivity contribution in [3.63, 3.8) is 0 Å². The number of ether oxygens (including phenoxy) is 4. The fourth-order valence-electron chi connectivity index (χ4n) is 4.09. The molecule has 1 aliphatic rings. The average molecular weight is 604 g/mol. The second-order valence-corrected chi connectivity index (χ2v) is 10.3. The van der Waals surface area contributed by atoms with Crippen molar-refractivity contribution in [3.05, 3.63) is 49.6 Å². The Morgan fingerprint density at radius 1 is 0.976 bits per heavy atom. The first-order valence-electron chi connectivity index (χ1n) is 13.1. The van der Waals surface area contributed by atoms with Gasteiger partial charge in [-0.25, -0.2) is 4.79 Å². The maximum Gasteiger partial charge on any atom is 0.332 e. The lowest BCUT2D eigenvalue weighted by atomic mass is 9.87. The van der Waals surface area contributed by atoms with Crippen LogP contribution in [0.25, 0.3) is 0 Å². The van der Waals surface area contributed by atoms with Crippen molar-refractivity contribution in [2.45, 2.75) is 57.5 Å². The van der Waals surface area contributed by atoms with Crippen LogP contribution in [0.1, 0.15) is 31.9 Å². The lowest BCUT2D eigenvalue weighted by molar-refractivity contribution is -0.758. The minimum absolute atomic E-state index is 0.135. The summed E-state index contributed by atoms with van der Waals surface area (Å²) in [6.45, 7) is 2.74. The van der Waals surface area contributed by atoms with Gasteiger partial charge in [0.05, 0.1) is 32.0 Å². The van der Waals surface area contributed by atoms with E-state index >= 15 is 0 Å². The molecular weight excluding hydrogens is 566 g/mol. The van der Waals surface area contributed by atoms with Crippen LogP contribution in [-0.2, 0) is 46.3 Å². The Kier molecular flexibility index (Phi) is 13.6. The van der Waals surface area contributed by atoms with E-state index < -0.39 is 59.1 Å². The number of aliphatic hydroxyl groups excluding tert-OH is 2. The Hall–Kier alpha value is -3.80. The van der Waals surface area contributed by atoms with Crippen molar-refractivity contribution in [1.29, 1.82) is 0 Å². The van der Waals surface area contributed by atoms with Gasteiger partial charge in [-0.05, 0) is 32.4 Å². The standard InChI is InChI=1S/C25H37N3O14/c1-25(2,3)26(23(31)15-37-7-9-40-27(33)34)13-18(42-24(32)16-38-8-10-41-28(35)36)14-39-22-6-4-5-17-11-20(29)21(30)12-19(17)22/h4-6,18,20-21,29-30H,7-16H2,1-3H3/t18?,20-,21+/m0/s1. The highest BCUT2D eigenvalue weighted by molar-refractivity contribution is 5.78. The summed E-state index contributed by atoms with van der Waals surface area (Å²) in [6.07, 6.45) is -2.51. The molecule has 0 saturated carbocycles.